The fourth-order valence-electron chi connectivity index (χ4n) is 2.68. The quantitative estimate of drug-likeness (QED) is 0.453. The SMILES string of the molecule is C#CCOCC1CCCN(S(=O)(=O)c2ccc(C(C)=O)cc2)C1. The fourth-order valence-corrected chi connectivity index (χ4v) is 4.23. The second kappa shape index (κ2) is 7.73. The molecular weight excluding hydrogens is 314 g/mol. The van der Waals surface area contributed by atoms with Gasteiger partial charge in [0.25, 0.3) is 0 Å². The maximum atomic E-state index is 12.7. The number of carbonyl (C=O) groups excluding carboxylic acids is 1. The number of sulfonamides is 1. The highest BCUT2D eigenvalue weighted by Gasteiger charge is 2.30. The van der Waals surface area contributed by atoms with E-state index in [0.29, 0.717) is 25.3 Å². The van der Waals surface area contributed by atoms with Crippen molar-refractivity contribution in [2.75, 3.05) is 26.3 Å². The number of ether oxygens (including phenoxy) is 1. The Hall–Kier alpha value is -1.68. The van der Waals surface area contributed by atoms with Crippen LogP contribution in [0.2, 0.25) is 0 Å². The summed E-state index contributed by atoms with van der Waals surface area (Å²) in [6, 6.07) is 6.08. The van der Waals surface area contributed by atoms with Crippen LogP contribution >= 0.6 is 0 Å². The van der Waals surface area contributed by atoms with Crippen molar-refractivity contribution in [3.05, 3.63) is 29.8 Å². The molecule has 0 N–H and O–H groups in total. The summed E-state index contributed by atoms with van der Waals surface area (Å²) in [6.45, 7) is 3.11. The van der Waals surface area contributed by atoms with E-state index in [-0.39, 0.29) is 23.2 Å². The van der Waals surface area contributed by atoms with Crippen molar-refractivity contribution >= 4 is 15.8 Å². The third-order valence-corrected chi connectivity index (χ3v) is 5.80. The van der Waals surface area contributed by atoms with Crippen molar-refractivity contribution in [2.45, 2.75) is 24.7 Å². The molecule has 1 unspecified atom stereocenters. The minimum Gasteiger partial charge on any atom is -0.368 e. The van der Waals surface area contributed by atoms with E-state index < -0.39 is 10.0 Å². The normalized spacial score (nSPS) is 19.2. The first-order chi connectivity index (χ1) is 10.9. The summed E-state index contributed by atoms with van der Waals surface area (Å²) in [6.07, 6.45) is 6.88. The van der Waals surface area contributed by atoms with Gasteiger partial charge in [0, 0.05) is 18.7 Å². The van der Waals surface area contributed by atoms with Crippen LogP contribution in [0.4, 0.5) is 0 Å². The van der Waals surface area contributed by atoms with Gasteiger partial charge in [-0.05, 0) is 37.8 Å². The van der Waals surface area contributed by atoms with E-state index in [9.17, 15) is 13.2 Å². The number of ketones is 1. The van der Waals surface area contributed by atoms with Crippen molar-refractivity contribution in [1.82, 2.24) is 4.31 Å². The molecule has 1 atom stereocenters. The standard InChI is InChI=1S/C17H21NO4S/c1-3-11-22-13-15-5-4-10-18(12-15)23(20,21)17-8-6-16(7-9-17)14(2)19/h1,6-9,15H,4-5,10-13H2,2H3. The molecule has 0 aromatic heterocycles. The molecule has 0 saturated carbocycles. The molecular formula is C17H21NO4S. The Morgan fingerprint density at radius 1 is 1.39 bits per heavy atom. The maximum Gasteiger partial charge on any atom is 0.243 e. The Balaban J connectivity index is 2.09. The summed E-state index contributed by atoms with van der Waals surface area (Å²) in [4.78, 5) is 11.5. The van der Waals surface area contributed by atoms with Gasteiger partial charge in [-0.1, -0.05) is 18.1 Å². The third kappa shape index (κ3) is 4.41. The van der Waals surface area contributed by atoms with E-state index in [1.807, 2.05) is 0 Å². The molecule has 6 heteroatoms. The van der Waals surface area contributed by atoms with Crippen LogP contribution < -0.4 is 0 Å². The van der Waals surface area contributed by atoms with Crippen molar-refractivity contribution in [1.29, 1.82) is 0 Å². The van der Waals surface area contributed by atoms with Gasteiger partial charge in [-0.2, -0.15) is 4.31 Å². The van der Waals surface area contributed by atoms with Crippen LogP contribution in [-0.2, 0) is 14.8 Å². The summed E-state index contributed by atoms with van der Waals surface area (Å²) >= 11 is 0. The fraction of sp³-hybridized carbons (Fsp3) is 0.471. The van der Waals surface area contributed by atoms with Gasteiger partial charge in [0.05, 0.1) is 11.5 Å². The zero-order valence-corrected chi connectivity index (χ0v) is 14.0. The van der Waals surface area contributed by atoms with Crippen LogP contribution in [0.25, 0.3) is 0 Å². The van der Waals surface area contributed by atoms with Crippen LogP contribution in [0, 0.1) is 18.3 Å². The number of terminal acetylenes is 1. The molecule has 0 amide bonds. The second-order valence-electron chi connectivity index (χ2n) is 5.67. The molecule has 0 radical (unpaired) electrons. The Morgan fingerprint density at radius 2 is 2.09 bits per heavy atom. The van der Waals surface area contributed by atoms with Gasteiger partial charge in [-0.3, -0.25) is 4.79 Å². The lowest BCUT2D eigenvalue weighted by Gasteiger charge is -2.31. The molecule has 2 rings (SSSR count). The Labute approximate surface area is 137 Å². The lowest BCUT2D eigenvalue weighted by atomic mass is 10.0. The van der Waals surface area contributed by atoms with Crippen molar-refractivity contribution in [3.8, 4) is 12.3 Å². The van der Waals surface area contributed by atoms with Crippen molar-refractivity contribution in [3.63, 3.8) is 0 Å². The third-order valence-electron chi connectivity index (χ3n) is 3.92. The van der Waals surface area contributed by atoms with Crippen molar-refractivity contribution in [2.24, 2.45) is 5.92 Å². The topological polar surface area (TPSA) is 63.7 Å². The summed E-state index contributed by atoms with van der Waals surface area (Å²) < 4.78 is 32.2. The van der Waals surface area contributed by atoms with E-state index in [2.05, 4.69) is 5.92 Å². The molecule has 5 nitrogen and oxygen atoms in total. The first-order valence-corrected chi connectivity index (χ1v) is 9.01. The van der Waals surface area contributed by atoms with E-state index in [1.165, 1.54) is 23.4 Å². The van der Waals surface area contributed by atoms with Crippen LogP contribution in [-0.4, -0.2) is 44.8 Å². The predicted octanol–water partition coefficient (Wildman–Crippen LogP) is 1.94. The van der Waals surface area contributed by atoms with Crippen LogP contribution in [0.1, 0.15) is 30.1 Å². The molecule has 1 aliphatic rings. The van der Waals surface area contributed by atoms with Gasteiger partial charge in [-0.15, -0.1) is 6.42 Å². The summed E-state index contributed by atoms with van der Waals surface area (Å²) in [5, 5.41) is 0. The van der Waals surface area contributed by atoms with Gasteiger partial charge in [0.2, 0.25) is 10.0 Å². The van der Waals surface area contributed by atoms with E-state index in [4.69, 9.17) is 11.2 Å². The maximum absolute atomic E-state index is 12.7. The molecule has 0 bridgehead atoms. The average molecular weight is 335 g/mol. The van der Waals surface area contributed by atoms with Crippen LogP contribution in [0.5, 0.6) is 0 Å². The van der Waals surface area contributed by atoms with Gasteiger partial charge in [0.15, 0.2) is 5.78 Å². The molecule has 1 fully saturated rings. The number of piperidine rings is 1. The number of nitrogens with zero attached hydrogens (tertiary/aromatic N) is 1. The first kappa shape index (κ1) is 17.7. The van der Waals surface area contributed by atoms with Crippen molar-refractivity contribution < 1.29 is 17.9 Å². The summed E-state index contributed by atoms with van der Waals surface area (Å²) in [5.74, 6) is 2.48. The Kier molecular flexibility index (Phi) is 5.94. The zero-order chi connectivity index (χ0) is 16.9. The molecule has 124 valence electrons. The highest BCUT2D eigenvalue weighted by molar-refractivity contribution is 7.89. The largest absolute Gasteiger partial charge is 0.368 e. The zero-order valence-electron chi connectivity index (χ0n) is 13.2. The molecule has 1 aromatic rings. The first-order valence-electron chi connectivity index (χ1n) is 7.57. The van der Waals surface area contributed by atoms with Gasteiger partial charge in [-0.25, -0.2) is 8.42 Å². The van der Waals surface area contributed by atoms with E-state index >= 15 is 0 Å². The van der Waals surface area contributed by atoms with Gasteiger partial charge in [0.1, 0.15) is 6.61 Å². The lowest BCUT2D eigenvalue weighted by molar-refractivity contribution is 0.0989. The molecule has 0 aliphatic carbocycles. The molecule has 1 saturated heterocycles. The average Bonchev–Trinajstić information content (AvgIpc) is 2.55. The van der Waals surface area contributed by atoms with E-state index in [1.54, 1.807) is 12.1 Å². The number of rotatable bonds is 6. The second-order valence-corrected chi connectivity index (χ2v) is 7.61. The molecule has 0 spiro atoms. The molecule has 1 aliphatic heterocycles. The number of benzene rings is 1. The minimum atomic E-state index is -3.54. The summed E-state index contributed by atoms with van der Waals surface area (Å²) in [5.41, 5.74) is 0.503. The molecule has 1 aromatic carbocycles. The number of hydrogen-bond donors (Lipinski definition) is 0. The molecule has 1 heterocycles. The highest BCUT2D eigenvalue weighted by Crippen LogP contribution is 2.24. The number of hydrogen-bond acceptors (Lipinski definition) is 4. The van der Waals surface area contributed by atoms with Crippen LogP contribution in [0.3, 0.4) is 0 Å². The Morgan fingerprint density at radius 3 is 2.70 bits per heavy atom. The predicted molar refractivity (Wildman–Crippen MR) is 87.6 cm³/mol. The highest BCUT2D eigenvalue weighted by atomic mass is 32.2. The minimum absolute atomic E-state index is 0.0855. The lowest BCUT2D eigenvalue weighted by Crippen LogP contribution is -2.41. The monoisotopic (exact) mass is 335 g/mol. The summed E-state index contributed by atoms with van der Waals surface area (Å²) in [7, 11) is -3.54. The van der Waals surface area contributed by atoms with Gasteiger partial charge < -0.3 is 4.74 Å². The molecule has 23 heavy (non-hydrogen) atoms. The van der Waals surface area contributed by atoms with E-state index in [0.717, 1.165) is 12.8 Å². The number of Topliss-reactive ketones (excluding diaryl/α,β-unsaturated/α-hetero) is 1. The van der Waals surface area contributed by atoms with Crippen LogP contribution in [0.15, 0.2) is 29.2 Å². The van der Waals surface area contributed by atoms with Gasteiger partial charge >= 0.3 is 0 Å². The Bertz CT molecular complexity index is 688. The number of carbonyl (C=O) groups is 1. The smallest absolute Gasteiger partial charge is 0.243 e.